The Morgan fingerprint density at radius 1 is 1.10 bits per heavy atom. The predicted molar refractivity (Wildman–Crippen MR) is 79.4 cm³/mol. The molecule has 3 aromatic rings. The van der Waals surface area contributed by atoms with Gasteiger partial charge in [0, 0.05) is 18.4 Å². The van der Waals surface area contributed by atoms with E-state index in [1.54, 1.807) is 13.2 Å². The van der Waals surface area contributed by atoms with Gasteiger partial charge in [0.2, 0.25) is 5.82 Å². The Morgan fingerprint density at radius 3 is 2.62 bits per heavy atom. The molecular formula is C16H15N3O2. The summed E-state index contributed by atoms with van der Waals surface area (Å²) in [6, 6.07) is 17.1. The van der Waals surface area contributed by atoms with E-state index in [-0.39, 0.29) is 6.10 Å². The summed E-state index contributed by atoms with van der Waals surface area (Å²) < 4.78 is 10.8. The third-order valence-electron chi connectivity index (χ3n) is 3.15. The van der Waals surface area contributed by atoms with Gasteiger partial charge in [-0.2, -0.15) is 4.98 Å². The molecule has 2 N–H and O–H groups in total. The number of nitrogen functional groups attached to an aromatic ring is 1. The van der Waals surface area contributed by atoms with E-state index in [0.29, 0.717) is 17.4 Å². The zero-order valence-corrected chi connectivity index (χ0v) is 11.6. The van der Waals surface area contributed by atoms with Gasteiger partial charge in [-0.05, 0) is 17.7 Å². The first-order chi connectivity index (χ1) is 10.3. The van der Waals surface area contributed by atoms with Crippen LogP contribution in [0.15, 0.2) is 59.1 Å². The Labute approximate surface area is 122 Å². The monoisotopic (exact) mass is 281 g/mol. The number of anilines is 1. The zero-order valence-electron chi connectivity index (χ0n) is 11.6. The van der Waals surface area contributed by atoms with Crippen molar-refractivity contribution in [2.45, 2.75) is 6.10 Å². The van der Waals surface area contributed by atoms with Crippen LogP contribution in [0.1, 0.15) is 17.6 Å². The van der Waals surface area contributed by atoms with Gasteiger partial charge in [-0.25, -0.2) is 0 Å². The molecule has 1 unspecified atom stereocenters. The summed E-state index contributed by atoms with van der Waals surface area (Å²) in [5, 5.41) is 4.00. The summed E-state index contributed by atoms with van der Waals surface area (Å²) in [4.78, 5) is 4.41. The van der Waals surface area contributed by atoms with Crippen molar-refractivity contribution in [3.63, 3.8) is 0 Å². The van der Waals surface area contributed by atoms with Crippen molar-refractivity contribution < 1.29 is 9.26 Å². The van der Waals surface area contributed by atoms with E-state index >= 15 is 0 Å². The second kappa shape index (κ2) is 5.76. The number of nitrogens with zero attached hydrogens (tertiary/aromatic N) is 2. The number of rotatable bonds is 4. The normalized spacial score (nSPS) is 12.2. The summed E-state index contributed by atoms with van der Waals surface area (Å²) >= 11 is 0. The minimum atomic E-state index is -0.381. The average Bonchev–Trinajstić information content (AvgIpc) is 2.99. The fourth-order valence-electron chi connectivity index (χ4n) is 2.14. The predicted octanol–water partition coefficient (Wildman–Crippen LogP) is 3.05. The molecule has 0 aliphatic heterocycles. The molecule has 0 aliphatic rings. The highest BCUT2D eigenvalue weighted by molar-refractivity contribution is 5.60. The van der Waals surface area contributed by atoms with Crippen LogP contribution in [0.25, 0.3) is 11.4 Å². The lowest BCUT2D eigenvalue weighted by molar-refractivity contribution is 0.105. The van der Waals surface area contributed by atoms with Crippen molar-refractivity contribution in [2.24, 2.45) is 0 Å². The lowest BCUT2D eigenvalue weighted by atomic mass is 10.1. The standard InChI is InChI=1S/C16H15N3O2/c1-20-14(11-6-3-2-4-7-11)16-18-15(19-21-16)12-8-5-9-13(17)10-12/h2-10,14H,17H2,1H3. The van der Waals surface area contributed by atoms with Crippen LogP contribution < -0.4 is 5.73 Å². The molecule has 0 aliphatic carbocycles. The molecular weight excluding hydrogens is 266 g/mol. The summed E-state index contributed by atoms with van der Waals surface area (Å²) in [5.74, 6) is 0.913. The first kappa shape index (κ1) is 13.3. The molecule has 0 saturated carbocycles. The minimum Gasteiger partial charge on any atom is -0.399 e. The number of hydrogen-bond donors (Lipinski definition) is 1. The Kier molecular flexibility index (Phi) is 3.66. The molecule has 0 amide bonds. The molecule has 0 saturated heterocycles. The highest BCUT2D eigenvalue weighted by atomic mass is 16.5. The molecule has 106 valence electrons. The fourth-order valence-corrected chi connectivity index (χ4v) is 2.14. The maximum absolute atomic E-state index is 5.77. The van der Waals surface area contributed by atoms with E-state index in [9.17, 15) is 0 Å². The summed E-state index contributed by atoms with van der Waals surface area (Å²) in [6.45, 7) is 0. The van der Waals surface area contributed by atoms with Crippen LogP contribution >= 0.6 is 0 Å². The Balaban J connectivity index is 1.94. The Morgan fingerprint density at radius 2 is 1.90 bits per heavy atom. The molecule has 0 fully saturated rings. The fraction of sp³-hybridized carbons (Fsp3) is 0.125. The number of ether oxygens (including phenoxy) is 1. The van der Waals surface area contributed by atoms with Gasteiger partial charge in [0.15, 0.2) is 6.10 Å². The molecule has 0 spiro atoms. The maximum atomic E-state index is 5.77. The van der Waals surface area contributed by atoms with Gasteiger partial charge < -0.3 is 15.0 Å². The van der Waals surface area contributed by atoms with Crippen LogP contribution in [0, 0.1) is 0 Å². The van der Waals surface area contributed by atoms with Crippen molar-refractivity contribution >= 4 is 5.69 Å². The number of nitrogens with two attached hydrogens (primary N) is 1. The molecule has 1 aromatic heterocycles. The third kappa shape index (κ3) is 2.78. The molecule has 2 aromatic carbocycles. The van der Waals surface area contributed by atoms with Crippen LogP contribution in [0.2, 0.25) is 0 Å². The Hall–Kier alpha value is -2.66. The van der Waals surface area contributed by atoms with E-state index in [0.717, 1.165) is 11.1 Å². The van der Waals surface area contributed by atoms with Crippen LogP contribution in [-0.4, -0.2) is 17.3 Å². The second-order valence-electron chi connectivity index (χ2n) is 4.61. The molecule has 1 atom stereocenters. The van der Waals surface area contributed by atoms with Crippen LogP contribution in [0.4, 0.5) is 5.69 Å². The van der Waals surface area contributed by atoms with E-state index < -0.39 is 0 Å². The average molecular weight is 281 g/mol. The van der Waals surface area contributed by atoms with E-state index in [1.165, 1.54) is 0 Å². The largest absolute Gasteiger partial charge is 0.399 e. The quantitative estimate of drug-likeness (QED) is 0.744. The summed E-state index contributed by atoms with van der Waals surface area (Å²) in [6.07, 6.45) is -0.381. The van der Waals surface area contributed by atoms with E-state index in [1.807, 2.05) is 48.5 Å². The summed E-state index contributed by atoms with van der Waals surface area (Å²) in [5.41, 5.74) is 8.20. The second-order valence-corrected chi connectivity index (χ2v) is 4.61. The number of methoxy groups -OCH3 is 1. The highest BCUT2D eigenvalue weighted by Crippen LogP contribution is 2.26. The molecule has 5 heteroatoms. The van der Waals surface area contributed by atoms with E-state index in [4.69, 9.17) is 15.0 Å². The van der Waals surface area contributed by atoms with Crippen LogP contribution in [-0.2, 0) is 4.74 Å². The van der Waals surface area contributed by atoms with Gasteiger partial charge >= 0.3 is 0 Å². The summed E-state index contributed by atoms with van der Waals surface area (Å²) in [7, 11) is 1.61. The molecule has 0 radical (unpaired) electrons. The number of aromatic nitrogens is 2. The smallest absolute Gasteiger partial charge is 0.260 e. The van der Waals surface area contributed by atoms with Crippen molar-refractivity contribution in [3.8, 4) is 11.4 Å². The van der Waals surface area contributed by atoms with E-state index in [2.05, 4.69) is 10.1 Å². The third-order valence-corrected chi connectivity index (χ3v) is 3.15. The van der Waals surface area contributed by atoms with Gasteiger partial charge in [0.05, 0.1) is 0 Å². The van der Waals surface area contributed by atoms with Gasteiger partial charge in [0.25, 0.3) is 5.89 Å². The first-order valence-corrected chi connectivity index (χ1v) is 6.55. The van der Waals surface area contributed by atoms with Crippen molar-refractivity contribution in [1.82, 2.24) is 10.1 Å². The first-order valence-electron chi connectivity index (χ1n) is 6.55. The van der Waals surface area contributed by atoms with Gasteiger partial charge in [-0.3, -0.25) is 0 Å². The number of hydrogen-bond acceptors (Lipinski definition) is 5. The lowest BCUT2D eigenvalue weighted by Gasteiger charge is -2.10. The van der Waals surface area contributed by atoms with Gasteiger partial charge in [-0.15, -0.1) is 0 Å². The highest BCUT2D eigenvalue weighted by Gasteiger charge is 2.20. The van der Waals surface area contributed by atoms with Crippen LogP contribution in [0.5, 0.6) is 0 Å². The van der Waals surface area contributed by atoms with Crippen LogP contribution in [0.3, 0.4) is 0 Å². The van der Waals surface area contributed by atoms with Gasteiger partial charge in [0.1, 0.15) is 0 Å². The van der Waals surface area contributed by atoms with Crippen molar-refractivity contribution in [3.05, 3.63) is 66.1 Å². The maximum Gasteiger partial charge on any atom is 0.260 e. The molecule has 3 rings (SSSR count). The number of benzene rings is 2. The SMILES string of the molecule is COC(c1ccccc1)c1nc(-c2cccc(N)c2)no1. The molecule has 0 bridgehead atoms. The van der Waals surface area contributed by atoms with Crippen molar-refractivity contribution in [1.29, 1.82) is 0 Å². The zero-order chi connectivity index (χ0) is 14.7. The topological polar surface area (TPSA) is 74.2 Å². The van der Waals surface area contributed by atoms with Crippen molar-refractivity contribution in [2.75, 3.05) is 12.8 Å². The molecule has 21 heavy (non-hydrogen) atoms. The van der Waals surface area contributed by atoms with Gasteiger partial charge in [-0.1, -0.05) is 47.6 Å². The molecule has 5 nitrogen and oxygen atoms in total. The lowest BCUT2D eigenvalue weighted by Crippen LogP contribution is -2.03. The Bertz CT molecular complexity index is 725. The molecule has 1 heterocycles. The minimum absolute atomic E-state index is 0.381.